The molecule has 0 aliphatic carbocycles. The fourth-order valence-corrected chi connectivity index (χ4v) is 1.96. The molecule has 4 heteroatoms. The molecule has 1 amide bonds. The third-order valence-electron chi connectivity index (χ3n) is 3.24. The van der Waals surface area contributed by atoms with Gasteiger partial charge in [-0.1, -0.05) is 30.3 Å². The van der Waals surface area contributed by atoms with Gasteiger partial charge in [-0.15, -0.1) is 0 Å². The van der Waals surface area contributed by atoms with Gasteiger partial charge < -0.3 is 14.8 Å². The average Bonchev–Trinajstić information content (AvgIpc) is 3.01. The lowest BCUT2D eigenvalue weighted by Gasteiger charge is -2.20. The first-order chi connectivity index (χ1) is 9.99. The van der Waals surface area contributed by atoms with Gasteiger partial charge in [0.25, 0.3) is 0 Å². The monoisotopic (exact) mass is 285 g/mol. The predicted octanol–water partition coefficient (Wildman–Crippen LogP) is 2.71. The van der Waals surface area contributed by atoms with E-state index < -0.39 is 5.60 Å². The van der Waals surface area contributed by atoms with E-state index in [-0.39, 0.29) is 12.5 Å². The average molecular weight is 285 g/mol. The normalized spacial score (nSPS) is 14.5. The summed E-state index contributed by atoms with van der Waals surface area (Å²) in [6.45, 7) is 3.55. The van der Waals surface area contributed by atoms with Crippen LogP contribution in [-0.2, 0) is 10.4 Å². The molecule has 0 bridgehead atoms. The third kappa shape index (κ3) is 4.07. The van der Waals surface area contributed by atoms with Gasteiger partial charge in [0.15, 0.2) is 0 Å². The lowest BCUT2D eigenvalue weighted by molar-refractivity contribution is -0.117. The molecule has 0 spiro atoms. The summed E-state index contributed by atoms with van der Waals surface area (Å²) < 4.78 is 5.16. The van der Waals surface area contributed by atoms with Crippen LogP contribution in [0.4, 0.5) is 0 Å². The molecule has 1 unspecified atom stereocenters. The quantitative estimate of drug-likeness (QED) is 0.830. The molecular weight excluding hydrogens is 266 g/mol. The lowest BCUT2D eigenvalue weighted by Crippen LogP contribution is -2.37. The van der Waals surface area contributed by atoms with Crippen molar-refractivity contribution in [2.24, 2.45) is 0 Å². The van der Waals surface area contributed by atoms with Crippen LogP contribution in [0.5, 0.6) is 0 Å². The molecule has 0 saturated heterocycles. The first kappa shape index (κ1) is 15.1. The van der Waals surface area contributed by atoms with E-state index in [1.807, 2.05) is 37.3 Å². The fourth-order valence-electron chi connectivity index (χ4n) is 1.96. The summed E-state index contributed by atoms with van der Waals surface area (Å²) in [6, 6.07) is 13.0. The molecule has 1 aromatic carbocycles. The molecule has 2 rings (SSSR count). The number of carbonyl (C=O) groups is 1. The maximum Gasteiger partial charge on any atom is 0.244 e. The minimum atomic E-state index is -1.23. The Kier molecular flexibility index (Phi) is 4.60. The van der Waals surface area contributed by atoms with Crippen molar-refractivity contribution in [2.45, 2.75) is 19.4 Å². The number of furan rings is 1. The molecule has 0 radical (unpaired) electrons. The highest BCUT2D eigenvalue weighted by molar-refractivity contribution is 5.94. The molecule has 0 aliphatic heterocycles. The third-order valence-corrected chi connectivity index (χ3v) is 3.24. The maximum atomic E-state index is 11.9. The number of amides is 1. The zero-order valence-corrected chi connectivity index (χ0v) is 12.2. The van der Waals surface area contributed by atoms with Crippen LogP contribution in [0.2, 0.25) is 0 Å². The predicted molar refractivity (Wildman–Crippen MR) is 81.4 cm³/mol. The van der Waals surface area contributed by atoms with Crippen LogP contribution < -0.4 is 5.32 Å². The van der Waals surface area contributed by atoms with Gasteiger partial charge in [-0.3, -0.25) is 4.79 Å². The molecule has 1 heterocycles. The van der Waals surface area contributed by atoms with Crippen LogP contribution in [0.3, 0.4) is 0 Å². The Hall–Kier alpha value is -2.33. The van der Waals surface area contributed by atoms with Gasteiger partial charge in [0.2, 0.25) is 5.91 Å². The fraction of sp³-hybridized carbons (Fsp3) is 0.235. The summed E-state index contributed by atoms with van der Waals surface area (Å²) in [4.78, 5) is 11.9. The molecule has 0 fully saturated rings. The van der Waals surface area contributed by atoms with E-state index in [0.29, 0.717) is 5.76 Å². The van der Waals surface area contributed by atoms with Gasteiger partial charge in [-0.2, -0.15) is 0 Å². The van der Waals surface area contributed by atoms with Crippen molar-refractivity contribution >= 4 is 11.5 Å². The van der Waals surface area contributed by atoms with Crippen LogP contribution in [0.25, 0.3) is 5.57 Å². The Morgan fingerprint density at radius 2 is 2.00 bits per heavy atom. The Bertz CT molecular complexity index is 613. The van der Waals surface area contributed by atoms with E-state index in [4.69, 9.17) is 4.42 Å². The highest BCUT2D eigenvalue weighted by Gasteiger charge is 2.26. The molecule has 4 nitrogen and oxygen atoms in total. The van der Waals surface area contributed by atoms with Crippen molar-refractivity contribution in [1.82, 2.24) is 5.32 Å². The number of hydrogen-bond acceptors (Lipinski definition) is 3. The highest BCUT2D eigenvalue weighted by Crippen LogP contribution is 2.19. The van der Waals surface area contributed by atoms with E-state index >= 15 is 0 Å². The molecule has 2 N–H and O–H groups in total. The van der Waals surface area contributed by atoms with E-state index in [2.05, 4.69) is 5.32 Å². The number of rotatable bonds is 5. The van der Waals surface area contributed by atoms with Gasteiger partial charge in [0, 0.05) is 6.08 Å². The van der Waals surface area contributed by atoms with Gasteiger partial charge in [-0.25, -0.2) is 0 Å². The number of hydrogen-bond donors (Lipinski definition) is 2. The van der Waals surface area contributed by atoms with Crippen molar-refractivity contribution in [3.05, 3.63) is 66.1 Å². The summed E-state index contributed by atoms with van der Waals surface area (Å²) in [6.07, 6.45) is 3.01. The van der Waals surface area contributed by atoms with E-state index in [0.717, 1.165) is 11.1 Å². The molecule has 0 saturated carbocycles. The number of aliphatic hydroxyl groups is 1. The van der Waals surface area contributed by atoms with Crippen molar-refractivity contribution in [3.8, 4) is 0 Å². The van der Waals surface area contributed by atoms with Crippen LogP contribution in [0.1, 0.15) is 25.2 Å². The van der Waals surface area contributed by atoms with E-state index in [9.17, 15) is 9.90 Å². The molecule has 110 valence electrons. The number of nitrogens with one attached hydrogen (secondary N) is 1. The molecular formula is C17H19NO3. The Morgan fingerprint density at radius 3 is 2.62 bits per heavy atom. The first-order valence-electron chi connectivity index (χ1n) is 6.77. The van der Waals surface area contributed by atoms with Crippen molar-refractivity contribution < 1.29 is 14.3 Å². The topological polar surface area (TPSA) is 62.5 Å². The first-order valence-corrected chi connectivity index (χ1v) is 6.77. The van der Waals surface area contributed by atoms with E-state index in [1.54, 1.807) is 19.1 Å². The maximum absolute atomic E-state index is 11.9. The molecule has 1 aromatic heterocycles. The smallest absolute Gasteiger partial charge is 0.244 e. The minimum Gasteiger partial charge on any atom is -0.466 e. The van der Waals surface area contributed by atoms with Gasteiger partial charge in [-0.05, 0) is 37.1 Å². The minimum absolute atomic E-state index is 0.0813. The summed E-state index contributed by atoms with van der Waals surface area (Å²) >= 11 is 0. The van der Waals surface area contributed by atoms with Gasteiger partial charge >= 0.3 is 0 Å². The number of carbonyl (C=O) groups excluding carboxylic acids is 1. The summed E-state index contributed by atoms with van der Waals surface area (Å²) in [5.74, 6) is 0.176. The Labute approximate surface area is 124 Å². The van der Waals surface area contributed by atoms with Crippen LogP contribution in [0, 0.1) is 0 Å². The van der Waals surface area contributed by atoms with Crippen molar-refractivity contribution in [3.63, 3.8) is 0 Å². The van der Waals surface area contributed by atoms with E-state index in [1.165, 1.54) is 12.3 Å². The molecule has 1 atom stereocenters. The van der Waals surface area contributed by atoms with Crippen LogP contribution in [0.15, 0.2) is 59.2 Å². The number of benzene rings is 1. The zero-order valence-electron chi connectivity index (χ0n) is 12.2. The second-order valence-electron chi connectivity index (χ2n) is 5.16. The Balaban J connectivity index is 1.96. The lowest BCUT2D eigenvalue weighted by atomic mass is 10.0. The molecule has 21 heavy (non-hydrogen) atoms. The van der Waals surface area contributed by atoms with Crippen LogP contribution >= 0.6 is 0 Å². The molecule has 2 aromatic rings. The number of allylic oxidation sites excluding steroid dienone is 1. The highest BCUT2D eigenvalue weighted by atomic mass is 16.4. The van der Waals surface area contributed by atoms with Crippen molar-refractivity contribution in [2.75, 3.05) is 6.54 Å². The van der Waals surface area contributed by atoms with Crippen LogP contribution in [-0.4, -0.2) is 17.6 Å². The standard InChI is InChI=1S/C17H19NO3/c1-13(14-7-4-3-5-8-14)11-16(19)18-12-17(2,20)15-9-6-10-21-15/h3-11,20H,12H2,1-2H3,(H,18,19). The van der Waals surface area contributed by atoms with Crippen molar-refractivity contribution in [1.29, 1.82) is 0 Å². The Morgan fingerprint density at radius 1 is 1.29 bits per heavy atom. The summed E-state index contributed by atoms with van der Waals surface area (Å²) in [5, 5.41) is 12.9. The SMILES string of the molecule is CC(=CC(=O)NCC(C)(O)c1ccco1)c1ccccc1. The summed E-state index contributed by atoms with van der Waals surface area (Å²) in [7, 11) is 0. The zero-order chi connectivity index (χ0) is 15.3. The largest absolute Gasteiger partial charge is 0.466 e. The molecule has 0 aliphatic rings. The summed E-state index contributed by atoms with van der Waals surface area (Å²) in [5.41, 5.74) is 0.629. The second-order valence-corrected chi connectivity index (χ2v) is 5.16. The van der Waals surface area contributed by atoms with Gasteiger partial charge in [0.05, 0.1) is 12.8 Å². The second kappa shape index (κ2) is 6.41. The van der Waals surface area contributed by atoms with Gasteiger partial charge in [0.1, 0.15) is 11.4 Å².